The van der Waals surface area contributed by atoms with Gasteiger partial charge in [-0.05, 0) is 31.2 Å². The Morgan fingerprint density at radius 3 is 2.71 bits per heavy atom. The zero-order valence-electron chi connectivity index (χ0n) is 13.0. The van der Waals surface area contributed by atoms with E-state index in [-0.39, 0.29) is 24.0 Å². The van der Waals surface area contributed by atoms with Gasteiger partial charge in [0, 0.05) is 18.7 Å². The fourth-order valence-corrected chi connectivity index (χ4v) is 2.25. The number of rotatable bonds is 5. The van der Waals surface area contributed by atoms with Crippen LogP contribution < -0.4 is 4.74 Å². The normalized spacial score (nSPS) is 10.8. The van der Waals surface area contributed by atoms with Crippen LogP contribution in [0.3, 0.4) is 0 Å². The van der Waals surface area contributed by atoms with Gasteiger partial charge in [0.05, 0.1) is 5.56 Å². The van der Waals surface area contributed by atoms with E-state index in [0.717, 1.165) is 0 Å². The van der Waals surface area contributed by atoms with Crippen LogP contribution in [0.2, 0.25) is 0 Å². The Hall–Kier alpha value is -3.16. The molecule has 7 nitrogen and oxygen atoms in total. The summed E-state index contributed by atoms with van der Waals surface area (Å²) in [5.74, 6) is -0.691. The lowest BCUT2D eigenvalue weighted by molar-refractivity contribution is 0.0685. The predicted molar refractivity (Wildman–Crippen MR) is 81.1 cm³/mol. The SMILES string of the molecule is Cc1onc(-c2ccc(F)cc2)c1COc1cc(C(=O)O)n(C)n1. The number of carboxylic acids is 1. The van der Waals surface area contributed by atoms with Gasteiger partial charge in [0.15, 0.2) is 0 Å². The van der Waals surface area contributed by atoms with E-state index in [1.807, 2.05) is 0 Å². The number of nitrogens with zero attached hydrogens (tertiary/aromatic N) is 3. The van der Waals surface area contributed by atoms with Crippen molar-refractivity contribution in [3.05, 3.63) is 53.2 Å². The van der Waals surface area contributed by atoms with E-state index in [1.54, 1.807) is 19.1 Å². The molecule has 0 spiro atoms. The summed E-state index contributed by atoms with van der Waals surface area (Å²) in [5.41, 5.74) is 1.94. The summed E-state index contributed by atoms with van der Waals surface area (Å²) in [7, 11) is 1.52. The number of aromatic carboxylic acids is 1. The largest absolute Gasteiger partial charge is 0.477 e. The van der Waals surface area contributed by atoms with Crippen molar-refractivity contribution in [2.45, 2.75) is 13.5 Å². The van der Waals surface area contributed by atoms with Gasteiger partial charge in [0.25, 0.3) is 0 Å². The standard InChI is InChI=1S/C16H14FN3O4/c1-9-12(8-23-14-7-13(16(21)22)20(2)18-14)15(19-24-9)10-3-5-11(17)6-4-10/h3-7H,8H2,1-2H3,(H,21,22). The van der Waals surface area contributed by atoms with E-state index < -0.39 is 5.97 Å². The van der Waals surface area contributed by atoms with Crippen LogP contribution in [0.15, 0.2) is 34.9 Å². The molecule has 24 heavy (non-hydrogen) atoms. The van der Waals surface area contributed by atoms with Crippen molar-refractivity contribution in [2.24, 2.45) is 7.05 Å². The third-order valence-corrected chi connectivity index (χ3v) is 3.54. The summed E-state index contributed by atoms with van der Waals surface area (Å²) in [6, 6.07) is 7.20. The molecule has 0 fully saturated rings. The van der Waals surface area contributed by atoms with E-state index in [2.05, 4.69) is 10.3 Å². The maximum absolute atomic E-state index is 13.1. The lowest BCUT2D eigenvalue weighted by Gasteiger charge is -2.04. The van der Waals surface area contributed by atoms with Crippen molar-refractivity contribution in [1.82, 2.24) is 14.9 Å². The van der Waals surface area contributed by atoms with Crippen LogP contribution >= 0.6 is 0 Å². The van der Waals surface area contributed by atoms with Gasteiger partial charge in [0.1, 0.15) is 29.6 Å². The number of benzene rings is 1. The van der Waals surface area contributed by atoms with Gasteiger partial charge in [-0.3, -0.25) is 4.68 Å². The van der Waals surface area contributed by atoms with Crippen molar-refractivity contribution < 1.29 is 23.6 Å². The predicted octanol–water partition coefficient (Wildman–Crippen LogP) is 2.80. The highest BCUT2D eigenvalue weighted by molar-refractivity contribution is 5.85. The Labute approximate surface area is 136 Å². The van der Waals surface area contributed by atoms with Gasteiger partial charge in [0.2, 0.25) is 5.88 Å². The summed E-state index contributed by atoms with van der Waals surface area (Å²) in [4.78, 5) is 11.0. The first kappa shape index (κ1) is 15.7. The Morgan fingerprint density at radius 2 is 2.08 bits per heavy atom. The first-order valence-corrected chi connectivity index (χ1v) is 7.07. The van der Waals surface area contributed by atoms with Crippen LogP contribution in [-0.2, 0) is 13.7 Å². The molecule has 0 unspecified atom stereocenters. The number of carbonyl (C=O) groups is 1. The first-order chi connectivity index (χ1) is 11.5. The molecule has 0 aliphatic carbocycles. The molecule has 8 heteroatoms. The molecule has 2 heterocycles. The van der Waals surface area contributed by atoms with Crippen molar-refractivity contribution in [2.75, 3.05) is 0 Å². The second-order valence-electron chi connectivity index (χ2n) is 5.16. The number of aromatic nitrogens is 3. The van der Waals surface area contributed by atoms with Gasteiger partial charge < -0.3 is 14.4 Å². The minimum atomic E-state index is -1.09. The molecule has 0 atom stereocenters. The fraction of sp³-hybridized carbons (Fsp3) is 0.188. The van der Waals surface area contributed by atoms with Gasteiger partial charge >= 0.3 is 5.97 Å². The molecular formula is C16H14FN3O4. The number of halogens is 1. The van der Waals surface area contributed by atoms with Crippen LogP contribution in [0.4, 0.5) is 4.39 Å². The molecule has 1 N–H and O–H groups in total. The Morgan fingerprint density at radius 1 is 1.38 bits per heavy atom. The minimum absolute atomic E-state index is 0.0193. The number of ether oxygens (including phenoxy) is 1. The number of aryl methyl sites for hydroxylation is 2. The lowest BCUT2D eigenvalue weighted by atomic mass is 10.1. The smallest absolute Gasteiger partial charge is 0.354 e. The van der Waals surface area contributed by atoms with Crippen molar-refractivity contribution in [3.8, 4) is 17.1 Å². The van der Waals surface area contributed by atoms with Crippen molar-refractivity contribution in [3.63, 3.8) is 0 Å². The number of hydrogen-bond acceptors (Lipinski definition) is 5. The van der Waals surface area contributed by atoms with Gasteiger partial charge in [-0.15, -0.1) is 5.10 Å². The first-order valence-electron chi connectivity index (χ1n) is 7.07. The molecule has 0 saturated heterocycles. The Kier molecular flexibility index (Phi) is 4.03. The maximum atomic E-state index is 13.1. The highest BCUT2D eigenvalue weighted by Crippen LogP contribution is 2.26. The van der Waals surface area contributed by atoms with Gasteiger partial charge in [-0.2, -0.15) is 0 Å². The molecule has 0 amide bonds. The summed E-state index contributed by atoms with van der Waals surface area (Å²) in [6.45, 7) is 1.83. The zero-order chi connectivity index (χ0) is 17.3. The molecule has 2 aromatic heterocycles. The van der Waals surface area contributed by atoms with Gasteiger partial charge in [-0.25, -0.2) is 9.18 Å². The highest BCUT2D eigenvalue weighted by Gasteiger charge is 2.17. The minimum Gasteiger partial charge on any atom is -0.477 e. The third kappa shape index (κ3) is 2.98. The second-order valence-corrected chi connectivity index (χ2v) is 5.16. The highest BCUT2D eigenvalue weighted by atomic mass is 19.1. The summed E-state index contributed by atoms with van der Waals surface area (Å²) >= 11 is 0. The van der Waals surface area contributed by atoms with Crippen molar-refractivity contribution in [1.29, 1.82) is 0 Å². The average Bonchev–Trinajstić information content (AvgIpc) is 3.09. The topological polar surface area (TPSA) is 90.4 Å². The quantitative estimate of drug-likeness (QED) is 0.773. The van der Waals surface area contributed by atoms with E-state index >= 15 is 0 Å². The van der Waals surface area contributed by atoms with Crippen LogP contribution in [0.1, 0.15) is 21.8 Å². The molecule has 1 aromatic carbocycles. The zero-order valence-corrected chi connectivity index (χ0v) is 13.0. The maximum Gasteiger partial charge on any atom is 0.354 e. The molecule has 0 saturated carbocycles. The third-order valence-electron chi connectivity index (χ3n) is 3.54. The molecule has 3 rings (SSSR count). The summed E-state index contributed by atoms with van der Waals surface area (Å²) in [5, 5.41) is 17.0. The molecular weight excluding hydrogens is 317 g/mol. The van der Waals surface area contributed by atoms with E-state index in [1.165, 1.54) is 29.9 Å². The Balaban J connectivity index is 1.83. The Bertz CT molecular complexity index is 883. The van der Waals surface area contributed by atoms with Crippen LogP contribution in [0, 0.1) is 12.7 Å². The van der Waals surface area contributed by atoms with E-state index in [4.69, 9.17) is 14.4 Å². The molecule has 0 aliphatic rings. The fourth-order valence-electron chi connectivity index (χ4n) is 2.25. The molecule has 124 valence electrons. The monoisotopic (exact) mass is 331 g/mol. The van der Waals surface area contributed by atoms with Crippen molar-refractivity contribution >= 4 is 5.97 Å². The van der Waals surface area contributed by atoms with Crippen LogP contribution in [0.25, 0.3) is 11.3 Å². The summed E-state index contributed by atoms with van der Waals surface area (Å²) in [6.07, 6.45) is 0. The molecule has 3 aromatic rings. The van der Waals surface area contributed by atoms with E-state index in [9.17, 15) is 9.18 Å². The summed E-state index contributed by atoms with van der Waals surface area (Å²) < 4.78 is 25.0. The van der Waals surface area contributed by atoms with E-state index in [0.29, 0.717) is 22.6 Å². The lowest BCUT2D eigenvalue weighted by Crippen LogP contribution is -2.04. The van der Waals surface area contributed by atoms with Gasteiger partial charge in [-0.1, -0.05) is 5.16 Å². The van der Waals surface area contributed by atoms with Crippen LogP contribution in [-0.4, -0.2) is 26.0 Å². The molecule has 0 bridgehead atoms. The molecule has 0 radical (unpaired) electrons. The second kappa shape index (κ2) is 6.15. The number of carboxylic acid groups (broad SMARTS) is 1. The average molecular weight is 331 g/mol. The number of hydrogen-bond donors (Lipinski definition) is 1. The van der Waals surface area contributed by atoms with Crippen LogP contribution in [0.5, 0.6) is 5.88 Å². The molecule has 0 aliphatic heterocycles.